The van der Waals surface area contributed by atoms with E-state index in [0.29, 0.717) is 30.9 Å². The number of hydrogen-bond donors (Lipinski definition) is 2. The normalized spacial score (nSPS) is 11.0. The number of benzene rings is 4. The third-order valence-corrected chi connectivity index (χ3v) is 8.30. The molecular formula is C39H44N4O4. The Morgan fingerprint density at radius 2 is 1.57 bits per heavy atom. The predicted molar refractivity (Wildman–Crippen MR) is 188 cm³/mol. The molecule has 1 heterocycles. The molecule has 2 N–H and O–H groups in total. The lowest BCUT2D eigenvalue weighted by molar-refractivity contribution is 0.144. The highest BCUT2D eigenvalue weighted by Crippen LogP contribution is 2.31. The van der Waals surface area contributed by atoms with E-state index in [9.17, 15) is 9.59 Å². The van der Waals surface area contributed by atoms with Crippen molar-refractivity contribution in [2.75, 3.05) is 11.4 Å². The number of ether oxygens (including phenoxy) is 1. The maximum atomic E-state index is 13.6. The number of imidazole rings is 1. The predicted octanol–water partition coefficient (Wildman–Crippen LogP) is 9.45. The van der Waals surface area contributed by atoms with Crippen LogP contribution in [0.4, 0.5) is 15.3 Å². The summed E-state index contributed by atoms with van der Waals surface area (Å²) >= 11 is 0. The highest BCUT2D eigenvalue weighted by Gasteiger charge is 2.19. The fraction of sp³-hybridized carbons (Fsp3) is 0.308. The third kappa shape index (κ3) is 8.79. The molecule has 0 spiro atoms. The number of rotatable bonds is 15. The molecule has 47 heavy (non-hydrogen) atoms. The Balaban J connectivity index is 1.46. The second-order valence-corrected chi connectivity index (χ2v) is 11.8. The van der Waals surface area contributed by atoms with Gasteiger partial charge in [0, 0.05) is 30.8 Å². The van der Waals surface area contributed by atoms with Gasteiger partial charge >= 0.3 is 12.2 Å². The summed E-state index contributed by atoms with van der Waals surface area (Å²) in [4.78, 5) is 31.7. The van der Waals surface area contributed by atoms with Crippen LogP contribution in [0.5, 0.6) is 5.75 Å². The SMILES string of the molecule is CCCCCCNC(=O)N(Cc1ccccc1)c1ccc2nc(CCCC)n(Cc3ccc(-c4ccccc4OC(=O)O)cc3)c2c1. The second kappa shape index (κ2) is 16.5. The topological polar surface area (TPSA) is 96.7 Å². The molecule has 0 bridgehead atoms. The van der Waals surface area contributed by atoms with Gasteiger partial charge < -0.3 is 19.7 Å². The minimum atomic E-state index is -1.34. The Bertz CT molecular complexity index is 1770. The number of nitrogens with one attached hydrogen (secondary N) is 1. The lowest BCUT2D eigenvalue weighted by Crippen LogP contribution is -2.40. The molecule has 8 nitrogen and oxygen atoms in total. The van der Waals surface area contributed by atoms with Crippen molar-refractivity contribution in [3.05, 3.63) is 114 Å². The van der Waals surface area contributed by atoms with Gasteiger partial charge in [-0.25, -0.2) is 14.6 Å². The van der Waals surface area contributed by atoms with Crippen molar-refractivity contribution in [1.82, 2.24) is 14.9 Å². The molecule has 5 aromatic rings. The van der Waals surface area contributed by atoms with Gasteiger partial charge in [-0.1, -0.05) is 112 Å². The minimum absolute atomic E-state index is 0.107. The average molecular weight is 633 g/mol. The first-order chi connectivity index (χ1) is 23.0. The van der Waals surface area contributed by atoms with Gasteiger partial charge in [0.1, 0.15) is 11.6 Å². The van der Waals surface area contributed by atoms with Gasteiger partial charge in [0.15, 0.2) is 0 Å². The van der Waals surface area contributed by atoms with Gasteiger partial charge in [0.2, 0.25) is 0 Å². The number of aryl methyl sites for hydroxylation is 1. The van der Waals surface area contributed by atoms with Crippen molar-refractivity contribution in [2.45, 2.75) is 71.9 Å². The first-order valence-electron chi connectivity index (χ1n) is 16.6. The van der Waals surface area contributed by atoms with Crippen molar-refractivity contribution >= 4 is 28.9 Å². The molecule has 0 unspecified atom stereocenters. The molecule has 5 rings (SSSR count). The highest BCUT2D eigenvalue weighted by atomic mass is 16.7. The van der Waals surface area contributed by atoms with Gasteiger partial charge in [0.25, 0.3) is 0 Å². The van der Waals surface area contributed by atoms with Crippen LogP contribution < -0.4 is 15.0 Å². The summed E-state index contributed by atoms with van der Waals surface area (Å²) in [5.74, 6) is 1.31. The monoisotopic (exact) mass is 632 g/mol. The van der Waals surface area contributed by atoms with E-state index in [1.165, 1.54) is 6.42 Å². The number of nitrogens with zero attached hydrogens (tertiary/aromatic N) is 3. The number of amides is 2. The van der Waals surface area contributed by atoms with E-state index in [4.69, 9.17) is 14.8 Å². The Morgan fingerprint density at radius 3 is 2.32 bits per heavy atom. The quantitative estimate of drug-likeness (QED) is 0.0681. The maximum absolute atomic E-state index is 13.6. The van der Waals surface area contributed by atoms with E-state index in [-0.39, 0.29) is 6.03 Å². The number of aromatic nitrogens is 2. The number of carboxylic acid groups (broad SMARTS) is 1. The number of para-hydroxylation sites is 1. The molecular weight excluding hydrogens is 588 g/mol. The van der Waals surface area contributed by atoms with Crippen LogP contribution in [0, 0.1) is 0 Å². The number of urea groups is 1. The number of carbonyl (C=O) groups excluding carboxylic acids is 1. The van der Waals surface area contributed by atoms with Crippen LogP contribution in [0.25, 0.3) is 22.2 Å². The van der Waals surface area contributed by atoms with Crippen molar-refractivity contribution < 1.29 is 19.4 Å². The standard InChI is InChI=1S/C39H44N4O4/c1-3-5-7-13-25-40-38(44)42(27-29-14-9-8-10-15-29)32-23-24-34-35(26-32)43(37(41-34)18-6-4-2)28-30-19-21-31(22-20-30)33-16-11-12-17-36(33)47-39(45)46/h8-12,14-17,19-24,26H,3-7,13,18,25,27-28H2,1-2H3,(H,40,44)(H,45,46). The van der Waals surface area contributed by atoms with E-state index in [2.05, 4.69) is 41.9 Å². The number of anilines is 1. The Morgan fingerprint density at radius 1 is 0.830 bits per heavy atom. The number of fused-ring (bicyclic) bond motifs is 1. The first kappa shape index (κ1) is 33.3. The summed E-state index contributed by atoms with van der Waals surface area (Å²) in [6.45, 7) is 6.07. The first-order valence-corrected chi connectivity index (χ1v) is 16.6. The van der Waals surface area contributed by atoms with Crippen LogP contribution in [-0.4, -0.2) is 33.4 Å². The van der Waals surface area contributed by atoms with Crippen molar-refractivity contribution in [3.8, 4) is 16.9 Å². The van der Waals surface area contributed by atoms with Gasteiger partial charge in [-0.2, -0.15) is 0 Å². The van der Waals surface area contributed by atoms with Gasteiger partial charge in [-0.05, 0) is 53.8 Å². The van der Waals surface area contributed by atoms with Crippen molar-refractivity contribution in [3.63, 3.8) is 0 Å². The van der Waals surface area contributed by atoms with Crippen molar-refractivity contribution in [1.29, 1.82) is 0 Å². The van der Waals surface area contributed by atoms with Crippen LogP contribution in [0.1, 0.15) is 69.3 Å². The molecule has 244 valence electrons. The Labute approximate surface area is 277 Å². The minimum Gasteiger partial charge on any atom is -0.449 e. The van der Waals surface area contributed by atoms with Crippen LogP contribution in [0.2, 0.25) is 0 Å². The average Bonchev–Trinajstić information content (AvgIpc) is 3.43. The number of carbonyl (C=O) groups is 2. The molecule has 8 heteroatoms. The fourth-order valence-corrected chi connectivity index (χ4v) is 5.78. The van der Waals surface area contributed by atoms with Crippen LogP contribution in [0.15, 0.2) is 97.1 Å². The highest BCUT2D eigenvalue weighted by molar-refractivity contribution is 5.94. The smallest absolute Gasteiger partial charge is 0.449 e. The summed E-state index contributed by atoms with van der Waals surface area (Å²) in [6.07, 6.45) is 5.98. The zero-order chi connectivity index (χ0) is 33.0. The van der Waals surface area contributed by atoms with Crippen molar-refractivity contribution in [2.24, 2.45) is 0 Å². The molecule has 4 aromatic carbocycles. The summed E-state index contributed by atoms with van der Waals surface area (Å²) in [6, 6.07) is 31.3. The molecule has 0 aliphatic heterocycles. The molecule has 1 aromatic heterocycles. The maximum Gasteiger partial charge on any atom is 0.511 e. The van der Waals surface area contributed by atoms with E-state index in [0.717, 1.165) is 77.8 Å². The summed E-state index contributed by atoms with van der Waals surface area (Å²) in [5.41, 5.74) is 6.42. The fourth-order valence-electron chi connectivity index (χ4n) is 5.78. The van der Waals surface area contributed by atoms with Gasteiger partial charge in [-0.3, -0.25) is 4.90 Å². The number of hydrogen-bond acceptors (Lipinski definition) is 4. The van der Waals surface area contributed by atoms with Crippen LogP contribution in [-0.2, 0) is 19.5 Å². The van der Waals surface area contributed by atoms with Gasteiger partial charge in [-0.15, -0.1) is 0 Å². The van der Waals surface area contributed by atoms with Gasteiger partial charge in [0.05, 0.1) is 17.6 Å². The van der Waals surface area contributed by atoms with Crippen LogP contribution >= 0.6 is 0 Å². The van der Waals surface area contributed by atoms with E-state index >= 15 is 0 Å². The Kier molecular flexibility index (Phi) is 11.6. The zero-order valence-corrected chi connectivity index (χ0v) is 27.3. The van der Waals surface area contributed by atoms with E-state index in [1.807, 2.05) is 71.6 Å². The molecule has 0 radical (unpaired) electrons. The second-order valence-electron chi connectivity index (χ2n) is 11.8. The summed E-state index contributed by atoms with van der Waals surface area (Å²) in [5, 5.41) is 12.3. The summed E-state index contributed by atoms with van der Waals surface area (Å²) in [7, 11) is 0. The number of unbranched alkanes of at least 4 members (excludes halogenated alkanes) is 4. The third-order valence-electron chi connectivity index (χ3n) is 8.30. The molecule has 2 amide bonds. The Hall–Kier alpha value is -5.11. The zero-order valence-electron chi connectivity index (χ0n) is 27.3. The molecule has 0 atom stereocenters. The van der Waals surface area contributed by atoms with E-state index < -0.39 is 6.16 Å². The lowest BCUT2D eigenvalue weighted by atomic mass is 10.0. The lowest BCUT2D eigenvalue weighted by Gasteiger charge is -2.24. The molecule has 0 aliphatic carbocycles. The van der Waals surface area contributed by atoms with Crippen LogP contribution in [0.3, 0.4) is 0 Å². The molecule has 0 aliphatic rings. The molecule has 0 fully saturated rings. The molecule has 0 saturated carbocycles. The molecule has 0 saturated heterocycles. The van der Waals surface area contributed by atoms with E-state index in [1.54, 1.807) is 12.1 Å². The largest absolute Gasteiger partial charge is 0.511 e. The summed E-state index contributed by atoms with van der Waals surface area (Å²) < 4.78 is 7.27.